The Kier molecular flexibility index (Phi) is 3.82. The van der Waals surface area contributed by atoms with Crippen LogP contribution >= 0.6 is 0 Å². The number of carbonyl (C=O) groups is 2. The van der Waals surface area contributed by atoms with Gasteiger partial charge in [0.15, 0.2) is 0 Å². The molecule has 0 atom stereocenters. The monoisotopic (exact) mass is 341 g/mol. The summed E-state index contributed by atoms with van der Waals surface area (Å²) in [6.45, 7) is 0. The number of nitrogens with two attached hydrogens (primary N) is 1. The van der Waals surface area contributed by atoms with Crippen LogP contribution in [-0.4, -0.2) is 21.0 Å². The van der Waals surface area contributed by atoms with Crippen molar-refractivity contribution in [2.45, 2.75) is 0 Å². The molecule has 0 spiro atoms. The van der Waals surface area contributed by atoms with E-state index in [1.807, 2.05) is 18.2 Å². The molecule has 5 heteroatoms. The molecule has 0 radical (unpaired) electrons. The smallest absolute Gasteiger partial charge is 0.252 e. The van der Waals surface area contributed by atoms with Crippen molar-refractivity contribution in [3.8, 4) is 11.3 Å². The van der Waals surface area contributed by atoms with E-state index in [4.69, 9.17) is 5.73 Å². The second-order valence-corrected chi connectivity index (χ2v) is 5.85. The molecule has 2 aromatic carbocycles. The van der Waals surface area contributed by atoms with Crippen molar-refractivity contribution < 1.29 is 9.59 Å². The van der Waals surface area contributed by atoms with Crippen LogP contribution in [0.3, 0.4) is 0 Å². The molecule has 0 aliphatic heterocycles. The van der Waals surface area contributed by atoms with Gasteiger partial charge in [-0.15, -0.1) is 0 Å². The van der Waals surface area contributed by atoms with E-state index in [2.05, 4.69) is 4.98 Å². The van der Waals surface area contributed by atoms with Crippen molar-refractivity contribution in [1.29, 1.82) is 0 Å². The number of para-hydroxylation sites is 1. The highest BCUT2D eigenvalue weighted by molar-refractivity contribution is 6.49. The first-order chi connectivity index (χ1) is 12.7. The Morgan fingerprint density at radius 3 is 2.27 bits per heavy atom. The predicted octanol–water partition coefficient (Wildman–Crippen LogP) is 3.65. The molecule has 4 rings (SSSR count). The lowest BCUT2D eigenvalue weighted by molar-refractivity contribution is 0.0814. The van der Waals surface area contributed by atoms with Crippen LogP contribution in [0.1, 0.15) is 20.8 Å². The van der Waals surface area contributed by atoms with Crippen molar-refractivity contribution in [3.05, 3.63) is 90.3 Å². The van der Waals surface area contributed by atoms with E-state index >= 15 is 0 Å². The van der Waals surface area contributed by atoms with Crippen LogP contribution in [0.2, 0.25) is 0 Å². The zero-order chi connectivity index (χ0) is 18.1. The van der Waals surface area contributed by atoms with Gasteiger partial charge in [0.05, 0.1) is 0 Å². The summed E-state index contributed by atoms with van der Waals surface area (Å²) >= 11 is 0. The fraction of sp³-hybridized carbons (Fsp3) is 0. The summed E-state index contributed by atoms with van der Waals surface area (Å²) in [4.78, 5) is 30.4. The molecule has 126 valence electrons. The van der Waals surface area contributed by atoms with Gasteiger partial charge in [-0.2, -0.15) is 0 Å². The maximum absolute atomic E-state index is 13.1. The average Bonchev–Trinajstić information content (AvgIpc) is 3.07. The number of aromatic nitrogens is 2. The second-order valence-electron chi connectivity index (χ2n) is 5.85. The van der Waals surface area contributed by atoms with Crippen LogP contribution in [-0.2, 0) is 0 Å². The summed E-state index contributed by atoms with van der Waals surface area (Å²) in [6, 6.07) is 21.1. The molecule has 0 fully saturated rings. The maximum Gasteiger partial charge on any atom is 0.252 e. The van der Waals surface area contributed by atoms with Gasteiger partial charge in [-0.1, -0.05) is 54.6 Å². The summed E-state index contributed by atoms with van der Waals surface area (Å²) in [7, 11) is 0. The third-order valence-corrected chi connectivity index (χ3v) is 4.20. The standard InChI is InChI=1S/C21H15N3O2/c22-16-11-5-4-10-15(16)18-19(24-13-7-6-12-17(24)23-18)21(26)20(25)14-8-2-1-3-9-14/h1-13H,22H2. The van der Waals surface area contributed by atoms with Crippen LogP contribution in [0, 0.1) is 0 Å². The molecule has 0 bridgehead atoms. The zero-order valence-electron chi connectivity index (χ0n) is 13.8. The Morgan fingerprint density at radius 2 is 1.50 bits per heavy atom. The number of carbonyl (C=O) groups excluding carboxylic acids is 2. The van der Waals surface area contributed by atoms with E-state index in [9.17, 15) is 9.59 Å². The number of pyridine rings is 1. The Morgan fingerprint density at radius 1 is 0.808 bits per heavy atom. The molecule has 2 N–H and O–H groups in total. The quantitative estimate of drug-likeness (QED) is 0.349. The second kappa shape index (κ2) is 6.29. The number of rotatable bonds is 4. The van der Waals surface area contributed by atoms with Gasteiger partial charge in [0.2, 0.25) is 5.78 Å². The van der Waals surface area contributed by atoms with Gasteiger partial charge in [-0.3, -0.25) is 14.0 Å². The number of hydrogen-bond acceptors (Lipinski definition) is 4. The molecule has 26 heavy (non-hydrogen) atoms. The first-order valence-corrected chi connectivity index (χ1v) is 8.13. The summed E-state index contributed by atoms with van der Waals surface area (Å²) in [5, 5.41) is 0. The fourth-order valence-corrected chi connectivity index (χ4v) is 2.94. The topological polar surface area (TPSA) is 77.5 Å². The lowest BCUT2D eigenvalue weighted by atomic mass is 10.0. The van der Waals surface area contributed by atoms with E-state index in [1.54, 1.807) is 65.2 Å². The van der Waals surface area contributed by atoms with Crippen molar-refractivity contribution in [3.63, 3.8) is 0 Å². The SMILES string of the molecule is Nc1ccccc1-c1nc2ccccn2c1C(=O)C(=O)c1ccccc1. The summed E-state index contributed by atoms with van der Waals surface area (Å²) < 4.78 is 1.63. The Balaban J connectivity index is 1.94. The van der Waals surface area contributed by atoms with Crippen LogP contribution in [0.4, 0.5) is 5.69 Å². The van der Waals surface area contributed by atoms with E-state index in [-0.39, 0.29) is 5.69 Å². The van der Waals surface area contributed by atoms with E-state index in [0.29, 0.717) is 28.2 Å². The molecular weight excluding hydrogens is 326 g/mol. The minimum absolute atomic E-state index is 0.215. The normalized spacial score (nSPS) is 10.8. The maximum atomic E-state index is 13.1. The third-order valence-electron chi connectivity index (χ3n) is 4.20. The number of hydrogen-bond donors (Lipinski definition) is 1. The highest BCUT2D eigenvalue weighted by atomic mass is 16.2. The van der Waals surface area contributed by atoms with Gasteiger partial charge >= 0.3 is 0 Å². The summed E-state index contributed by atoms with van der Waals surface area (Å²) in [6.07, 6.45) is 1.72. The van der Waals surface area contributed by atoms with Gasteiger partial charge in [0, 0.05) is 23.0 Å². The van der Waals surface area contributed by atoms with E-state index < -0.39 is 11.6 Å². The summed E-state index contributed by atoms with van der Waals surface area (Å²) in [5.74, 6) is -1.19. The minimum Gasteiger partial charge on any atom is -0.398 e. The molecule has 2 aromatic heterocycles. The van der Waals surface area contributed by atoms with Crippen molar-refractivity contribution in [1.82, 2.24) is 9.38 Å². The number of nitrogens with zero attached hydrogens (tertiary/aromatic N) is 2. The molecule has 0 aliphatic rings. The lowest BCUT2D eigenvalue weighted by Gasteiger charge is -2.06. The lowest BCUT2D eigenvalue weighted by Crippen LogP contribution is -2.17. The van der Waals surface area contributed by atoms with Crippen LogP contribution in [0.25, 0.3) is 16.9 Å². The highest BCUT2D eigenvalue weighted by Crippen LogP contribution is 2.29. The molecule has 2 heterocycles. The van der Waals surface area contributed by atoms with Crippen molar-refractivity contribution in [2.75, 3.05) is 5.73 Å². The van der Waals surface area contributed by atoms with Crippen LogP contribution < -0.4 is 5.73 Å². The average molecular weight is 341 g/mol. The molecule has 5 nitrogen and oxygen atoms in total. The minimum atomic E-state index is -0.617. The van der Waals surface area contributed by atoms with Crippen molar-refractivity contribution in [2.24, 2.45) is 0 Å². The molecule has 0 amide bonds. The first-order valence-electron chi connectivity index (χ1n) is 8.13. The van der Waals surface area contributed by atoms with Gasteiger partial charge in [-0.25, -0.2) is 4.98 Å². The number of Topliss-reactive ketones (excluding diaryl/α,β-unsaturated/α-hetero) is 2. The number of anilines is 1. The predicted molar refractivity (Wildman–Crippen MR) is 100 cm³/mol. The van der Waals surface area contributed by atoms with Crippen LogP contribution in [0.15, 0.2) is 79.0 Å². The number of imidazole rings is 1. The van der Waals surface area contributed by atoms with E-state index in [1.165, 1.54) is 0 Å². The Hall–Kier alpha value is -3.73. The molecule has 0 saturated carbocycles. The summed E-state index contributed by atoms with van der Waals surface area (Å²) in [5.41, 5.74) is 8.75. The molecule has 0 unspecified atom stereocenters. The highest BCUT2D eigenvalue weighted by Gasteiger charge is 2.27. The Labute approximate surface area is 149 Å². The molecule has 4 aromatic rings. The van der Waals surface area contributed by atoms with E-state index in [0.717, 1.165) is 0 Å². The molecular formula is C21H15N3O2. The largest absolute Gasteiger partial charge is 0.398 e. The molecule has 0 saturated heterocycles. The number of nitrogen functional groups attached to an aromatic ring is 1. The van der Waals surface area contributed by atoms with Gasteiger partial charge in [0.1, 0.15) is 17.0 Å². The number of fused-ring (bicyclic) bond motifs is 1. The third kappa shape index (κ3) is 2.56. The van der Waals surface area contributed by atoms with Gasteiger partial charge < -0.3 is 5.73 Å². The van der Waals surface area contributed by atoms with Gasteiger partial charge in [0.25, 0.3) is 5.78 Å². The first kappa shape index (κ1) is 15.8. The van der Waals surface area contributed by atoms with Gasteiger partial charge in [-0.05, 0) is 18.2 Å². The van der Waals surface area contributed by atoms with Crippen LogP contribution in [0.5, 0.6) is 0 Å². The van der Waals surface area contributed by atoms with Crippen molar-refractivity contribution >= 4 is 22.9 Å². The fourth-order valence-electron chi connectivity index (χ4n) is 2.94. The molecule has 0 aliphatic carbocycles. The zero-order valence-corrected chi connectivity index (χ0v) is 13.8. The Bertz CT molecular complexity index is 1130. The number of ketones is 2. The number of benzene rings is 2.